The Hall–Kier alpha value is -1.71. The van der Waals surface area contributed by atoms with Crippen molar-refractivity contribution in [1.29, 1.82) is 0 Å². The lowest BCUT2D eigenvalue weighted by Crippen LogP contribution is -2.30. The molecule has 0 fully saturated rings. The number of benzene rings is 1. The van der Waals surface area contributed by atoms with E-state index in [0.717, 1.165) is 11.3 Å². The molecular formula is C15H24N2O2. The highest BCUT2D eigenvalue weighted by molar-refractivity contribution is 5.97. The van der Waals surface area contributed by atoms with Crippen molar-refractivity contribution in [2.75, 3.05) is 18.2 Å². The van der Waals surface area contributed by atoms with Crippen LogP contribution in [0.4, 0.5) is 11.4 Å². The second-order valence-corrected chi connectivity index (χ2v) is 5.98. The first-order valence-electron chi connectivity index (χ1n) is 6.41. The van der Waals surface area contributed by atoms with E-state index >= 15 is 0 Å². The maximum atomic E-state index is 11.7. The number of anilines is 2. The maximum Gasteiger partial charge on any atom is 0.340 e. The third-order valence-corrected chi connectivity index (χ3v) is 3.47. The topological polar surface area (TPSA) is 64.3 Å². The monoisotopic (exact) mass is 264 g/mol. The first-order chi connectivity index (χ1) is 8.66. The summed E-state index contributed by atoms with van der Waals surface area (Å²) in [5.41, 5.74) is 8.67. The normalized spacial score (nSPS) is 12.9. The van der Waals surface area contributed by atoms with Crippen LogP contribution in [0.1, 0.15) is 43.6 Å². The van der Waals surface area contributed by atoms with Crippen LogP contribution in [0.3, 0.4) is 0 Å². The van der Waals surface area contributed by atoms with Crippen LogP contribution in [-0.2, 0) is 4.74 Å². The van der Waals surface area contributed by atoms with E-state index in [1.54, 1.807) is 6.07 Å². The van der Waals surface area contributed by atoms with Gasteiger partial charge in [0.15, 0.2) is 0 Å². The Labute approximate surface area is 115 Å². The van der Waals surface area contributed by atoms with Gasteiger partial charge in [-0.05, 0) is 37.0 Å². The Morgan fingerprint density at radius 3 is 2.42 bits per heavy atom. The summed E-state index contributed by atoms with van der Waals surface area (Å²) < 4.78 is 4.75. The van der Waals surface area contributed by atoms with Gasteiger partial charge in [-0.15, -0.1) is 0 Å². The lowest BCUT2D eigenvalue weighted by molar-refractivity contribution is 0.0602. The van der Waals surface area contributed by atoms with E-state index in [2.05, 4.69) is 33.0 Å². The van der Waals surface area contributed by atoms with E-state index in [1.807, 2.05) is 13.0 Å². The molecule has 1 unspecified atom stereocenters. The summed E-state index contributed by atoms with van der Waals surface area (Å²) in [7, 11) is 1.36. The summed E-state index contributed by atoms with van der Waals surface area (Å²) in [5.74, 6) is -0.410. The average Bonchev–Trinajstić information content (AvgIpc) is 2.31. The molecule has 0 aromatic heterocycles. The van der Waals surface area contributed by atoms with Crippen LogP contribution in [0.5, 0.6) is 0 Å². The molecule has 4 heteroatoms. The molecule has 0 saturated heterocycles. The Bertz CT molecular complexity index is 476. The number of ether oxygens (including phenoxy) is 1. The highest BCUT2D eigenvalue weighted by atomic mass is 16.5. The minimum absolute atomic E-state index is 0.126. The molecule has 0 saturated carbocycles. The highest BCUT2D eigenvalue weighted by Crippen LogP contribution is 2.27. The number of hydrogen-bond donors (Lipinski definition) is 2. The maximum absolute atomic E-state index is 11.7. The second kappa shape index (κ2) is 5.51. The first kappa shape index (κ1) is 15.3. The summed E-state index contributed by atoms with van der Waals surface area (Å²) in [5, 5.41) is 3.41. The summed E-state index contributed by atoms with van der Waals surface area (Å²) in [6.07, 6.45) is 0. The fraction of sp³-hybridized carbons (Fsp3) is 0.533. The van der Waals surface area contributed by atoms with Gasteiger partial charge >= 0.3 is 5.97 Å². The largest absolute Gasteiger partial charge is 0.465 e. The number of aryl methyl sites for hydroxylation is 1. The minimum Gasteiger partial charge on any atom is -0.465 e. The second-order valence-electron chi connectivity index (χ2n) is 5.98. The van der Waals surface area contributed by atoms with Crippen LogP contribution in [0.25, 0.3) is 0 Å². The fourth-order valence-corrected chi connectivity index (χ4v) is 1.63. The first-order valence-corrected chi connectivity index (χ1v) is 6.41. The molecule has 3 N–H and O–H groups in total. The molecule has 0 spiro atoms. The van der Waals surface area contributed by atoms with Gasteiger partial charge in [-0.25, -0.2) is 4.79 Å². The molecule has 0 aliphatic heterocycles. The van der Waals surface area contributed by atoms with E-state index in [9.17, 15) is 4.79 Å². The molecule has 0 radical (unpaired) electrons. The van der Waals surface area contributed by atoms with Gasteiger partial charge in [0.25, 0.3) is 0 Å². The smallest absolute Gasteiger partial charge is 0.340 e. The van der Waals surface area contributed by atoms with Crippen LogP contribution in [0.15, 0.2) is 12.1 Å². The molecule has 0 aliphatic carbocycles. The van der Waals surface area contributed by atoms with Gasteiger partial charge in [-0.3, -0.25) is 0 Å². The standard InChI is InChI=1S/C15H24N2O2/c1-9-7-11(17-10(2)15(3,4)5)8-12(13(9)16)14(18)19-6/h7-8,10,17H,16H2,1-6H3. The molecule has 0 bridgehead atoms. The summed E-state index contributed by atoms with van der Waals surface area (Å²) >= 11 is 0. The number of nitrogens with one attached hydrogen (secondary N) is 1. The molecule has 0 heterocycles. The predicted molar refractivity (Wildman–Crippen MR) is 79.5 cm³/mol. The third kappa shape index (κ3) is 3.63. The Morgan fingerprint density at radius 2 is 1.95 bits per heavy atom. The molecule has 106 valence electrons. The zero-order valence-corrected chi connectivity index (χ0v) is 12.6. The summed E-state index contributed by atoms with van der Waals surface area (Å²) in [6, 6.07) is 3.96. The number of nitrogen functional groups attached to an aromatic ring is 1. The van der Waals surface area contributed by atoms with Crippen molar-refractivity contribution in [2.45, 2.75) is 40.7 Å². The Kier molecular flexibility index (Phi) is 4.45. The number of carbonyl (C=O) groups is 1. The molecule has 1 aromatic rings. The van der Waals surface area contributed by atoms with Gasteiger partial charge < -0.3 is 15.8 Å². The number of nitrogens with two attached hydrogens (primary N) is 1. The molecule has 19 heavy (non-hydrogen) atoms. The molecule has 1 atom stereocenters. The van der Waals surface area contributed by atoms with Crippen LogP contribution < -0.4 is 11.1 Å². The number of methoxy groups -OCH3 is 1. The molecule has 0 aliphatic rings. The van der Waals surface area contributed by atoms with Crippen LogP contribution in [0.2, 0.25) is 0 Å². The average molecular weight is 264 g/mol. The van der Waals surface area contributed by atoms with Gasteiger partial charge in [0, 0.05) is 17.4 Å². The number of esters is 1. The van der Waals surface area contributed by atoms with Crippen molar-refractivity contribution in [3.05, 3.63) is 23.3 Å². The van der Waals surface area contributed by atoms with Crippen molar-refractivity contribution in [3.8, 4) is 0 Å². The van der Waals surface area contributed by atoms with E-state index in [-0.39, 0.29) is 11.5 Å². The van der Waals surface area contributed by atoms with Gasteiger partial charge in [-0.2, -0.15) is 0 Å². The highest BCUT2D eigenvalue weighted by Gasteiger charge is 2.21. The molecular weight excluding hydrogens is 240 g/mol. The zero-order chi connectivity index (χ0) is 14.8. The van der Waals surface area contributed by atoms with E-state index in [4.69, 9.17) is 10.5 Å². The molecule has 4 nitrogen and oxygen atoms in total. The van der Waals surface area contributed by atoms with Gasteiger partial charge in [-0.1, -0.05) is 20.8 Å². The quantitative estimate of drug-likeness (QED) is 0.650. The lowest BCUT2D eigenvalue weighted by atomic mass is 9.88. The number of carbonyl (C=O) groups excluding carboxylic acids is 1. The van der Waals surface area contributed by atoms with E-state index < -0.39 is 5.97 Å². The Morgan fingerprint density at radius 1 is 1.37 bits per heavy atom. The van der Waals surface area contributed by atoms with Crippen LogP contribution >= 0.6 is 0 Å². The molecule has 1 rings (SSSR count). The number of rotatable bonds is 3. The van der Waals surface area contributed by atoms with Gasteiger partial charge in [0.2, 0.25) is 0 Å². The van der Waals surface area contributed by atoms with E-state index in [1.165, 1.54) is 7.11 Å². The van der Waals surface area contributed by atoms with Crippen molar-refractivity contribution in [3.63, 3.8) is 0 Å². The fourth-order valence-electron chi connectivity index (χ4n) is 1.63. The molecule has 1 aromatic carbocycles. The van der Waals surface area contributed by atoms with Crippen LogP contribution in [-0.4, -0.2) is 19.1 Å². The third-order valence-electron chi connectivity index (χ3n) is 3.47. The zero-order valence-electron chi connectivity index (χ0n) is 12.6. The lowest BCUT2D eigenvalue weighted by Gasteiger charge is -2.29. The molecule has 0 amide bonds. The summed E-state index contributed by atoms with van der Waals surface area (Å²) in [4.78, 5) is 11.7. The summed E-state index contributed by atoms with van der Waals surface area (Å²) in [6.45, 7) is 10.5. The van der Waals surface area contributed by atoms with Crippen molar-refractivity contribution >= 4 is 17.3 Å². The SMILES string of the molecule is COC(=O)c1cc(NC(C)C(C)(C)C)cc(C)c1N. The van der Waals surface area contributed by atoms with Crippen molar-refractivity contribution < 1.29 is 9.53 Å². The van der Waals surface area contributed by atoms with Crippen molar-refractivity contribution in [1.82, 2.24) is 0 Å². The number of hydrogen-bond acceptors (Lipinski definition) is 4. The van der Waals surface area contributed by atoms with Crippen LogP contribution in [0, 0.1) is 12.3 Å². The van der Waals surface area contributed by atoms with Gasteiger partial charge in [0.1, 0.15) is 0 Å². The minimum atomic E-state index is -0.410. The Balaban J connectivity index is 3.11. The van der Waals surface area contributed by atoms with Gasteiger partial charge in [0.05, 0.1) is 12.7 Å². The van der Waals surface area contributed by atoms with E-state index in [0.29, 0.717) is 11.3 Å². The van der Waals surface area contributed by atoms with Crippen molar-refractivity contribution in [2.24, 2.45) is 5.41 Å². The predicted octanol–water partition coefficient (Wildman–Crippen LogP) is 3.21.